The van der Waals surface area contributed by atoms with Gasteiger partial charge >= 0.3 is 0 Å². The number of hydrogen-bond acceptors (Lipinski definition) is 4. The van der Waals surface area contributed by atoms with Crippen molar-refractivity contribution in [2.75, 3.05) is 52.4 Å². The molecule has 22 heavy (non-hydrogen) atoms. The van der Waals surface area contributed by atoms with Crippen LogP contribution in [-0.4, -0.2) is 84.9 Å². The van der Waals surface area contributed by atoms with Gasteiger partial charge in [-0.05, 0) is 38.8 Å². The third kappa shape index (κ3) is 3.79. The van der Waals surface area contributed by atoms with Crippen LogP contribution in [0.4, 0.5) is 0 Å². The summed E-state index contributed by atoms with van der Waals surface area (Å²) in [5.41, 5.74) is 0. The number of carbonyl (C=O) groups excluding carboxylic acids is 2. The smallest absolute Gasteiger partial charge is 0.242 e. The van der Waals surface area contributed by atoms with Crippen LogP contribution in [0.5, 0.6) is 0 Å². The molecule has 3 aliphatic heterocycles. The maximum Gasteiger partial charge on any atom is 0.242 e. The molecule has 3 rings (SSSR count). The van der Waals surface area contributed by atoms with Gasteiger partial charge in [-0.3, -0.25) is 9.59 Å². The molecule has 1 atom stereocenters. The second-order valence-electron chi connectivity index (χ2n) is 6.74. The number of carbonyl (C=O) groups is 2. The fourth-order valence-electron chi connectivity index (χ4n) is 3.86. The molecule has 1 unspecified atom stereocenters. The molecule has 3 fully saturated rings. The number of nitrogens with one attached hydrogen (secondary N) is 1. The number of amides is 2. The Kier molecular flexibility index (Phi) is 5.31. The van der Waals surface area contributed by atoms with E-state index >= 15 is 0 Å². The highest BCUT2D eigenvalue weighted by Gasteiger charge is 2.32. The summed E-state index contributed by atoms with van der Waals surface area (Å²) >= 11 is 0. The molecule has 3 aliphatic rings. The van der Waals surface area contributed by atoms with E-state index in [0.717, 1.165) is 32.5 Å². The number of nitrogens with zero attached hydrogens (tertiary/aromatic N) is 3. The molecule has 1 N–H and O–H groups in total. The lowest BCUT2D eigenvalue weighted by molar-refractivity contribution is -0.141. The van der Waals surface area contributed by atoms with Gasteiger partial charge in [0.05, 0.1) is 13.1 Å². The van der Waals surface area contributed by atoms with Gasteiger partial charge in [0.2, 0.25) is 11.8 Å². The van der Waals surface area contributed by atoms with Gasteiger partial charge in [-0.2, -0.15) is 0 Å². The van der Waals surface area contributed by atoms with Gasteiger partial charge in [-0.1, -0.05) is 6.42 Å². The molecule has 2 amide bonds. The summed E-state index contributed by atoms with van der Waals surface area (Å²) in [7, 11) is 0. The van der Waals surface area contributed by atoms with E-state index in [2.05, 4.69) is 10.2 Å². The van der Waals surface area contributed by atoms with Crippen molar-refractivity contribution in [3.8, 4) is 0 Å². The van der Waals surface area contributed by atoms with Crippen molar-refractivity contribution in [1.29, 1.82) is 0 Å². The van der Waals surface area contributed by atoms with Crippen LogP contribution in [0.25, 0.3) is 0 Å². The fourth-order valence-corrected chi connectivity index (χ4v) is 3.86. The molecule has 6 heteroatoms. The lowest BCUT2D eigenvalue weighted by Gasteiger charge is -2.34. The summed E-state index contributed by atoms with van der Waals surface area (Å²) in [6.07, 6.45) is 6.12. The molecule has 0 aliphatic carbocycles. The van der Waals surface area contributed by atoms with Crippen LogP contribution in [0.15, 0.2) is 0 Å². The van der Waals surface area contributed by atoms with E-state index in [4.69, 9.17) is 0 Å². The molecule has 0 aromatic rings. The molecule has 0 radical (unpaired) electrons. The standard InChI is InChI=1S/C16H28N4O2/c21-15-11-17-6-10-19(15)13-16(22)20-9-4-5-14(20)12-18-7-2-1-3-8-18/h14,17H,1-13H2. The van der Waals surface area contributed by atoms with Crippen molar-refractivity contribution in [2.24, 2.45) is 0 Å². The SMILES string of the molecule is O=C1CNCCN1CC(=O)N1CCCC1CN1CCCCC1. The molecular weight excluding hydrogens is 280 g/mol. The van der Waals surface area contributed by atoms with Gasteiger partial charge in [-0.25, -0.2) is 0 Å². The first-order chi connectivity index (χ1) is 10.7. The molecule has 0 saturated carbocycles. The monoisotopic (exact) mass is 308 g/mol. The average molecular weight is 308 g/mol. The molecule has 3 saturated heterocycles. The van der Waals surface area contributed by atoms with Crippen LogP contribution in [0, 0.1) is 0 Å². The predicted octanol–water partition coefficient (Wildman–Crippen LogP) is -0.105. The zero-order chi connectivity index (χ0) is 15.4. The topological polar surface area (TPSA) is 55.9 Å². The normalized spacial score (nSPS) is 27.5. The predicted molar refractivity (Wildman–Crippen MR) is 84.5 cm³/mol. The Bertz CT molecular complexity index is 409. The molecule has 124 valence electrons. The van der Waals surface area contributed by atoms with E-state index < -0.39 is 0 Å². The average Bonchev–Trinajstić information content (AvgIpc) is 2.99. The van der Waals surface area contributed by atoms with Crippen LogP contribution < -0.4 is 5.32 Å². The van der Waals surface area contributed by atoms with Crippen molar-refractivity contribution in [3.05, 3.63) is 0 Å². The summed E-state index contributed by atoms with van der Waals surface area (Å²) in [5, 5.41) is 3.05. The highest BCUT2D eigenvalue weighted by molar-refractivity contribution is 5.86. The Morgan fingerprint density at radius 3 is 2.68 bits per heavy atom. The van der Waals surface area contributed by atoms with Crippen molar-refractivity contribution < 1.29 is 9.59 Å². The summed E-state index contributed by atoms with van der Waals surface area (Å²) < 4.78 is 0. The quantitative estimate of drug-likeness (QED) is 0.788. The van der Waals surface area contributed by atoms with E-state index in [1.807, 2.05) is 4.90 Å². The Morgan fingerprint density at radius 1 is 1.09 bits per heavy atom. The Labute approximate surface area is 132 Å². The van der Waals surface area contributed by atoms with E-state index in [9.17, 15) is 9.59 Å². The number of hydrogen-bond donors (Lipinski definition) is 1. The minimum Gasteiger partial charge on any atom is -0.337 e. The maximum absolute atomic E-state index is 12.6. The van der Waals surface area contributed by atoms with Gasteiger partial charge in [-0.15, -0.1) is 0 Å². The number of rotatable bonds is 4. The van der Waals surface area contributed by atoms with Crippen LogP contribution in [-0.2, 0) is 9.59 Å². The highest BCUT2D eigenvalue weighted by atomic mass is 16.2. The lowest BCUT2D eigenvalue weighted by atomic mass is 10.1. The highest BCUT2D eigenvalue weighted by Crippen LogP contribution is 2.20. The van der Waals surface area contributed by atoms with Crippen LogP contribution in [0.1, 0.15) is 32.1 Å². The molecule has 0 spiro atoms. The van der Waals surface area contributed by atoms with E-state index in [-0.39, 0.29) is 18.4 Å². The third-order valence-electron chi connectivity index (χ3n) is 5.13. The third-order valence-corrected chi connectivity index (χ3v) is 5.13. The summed E-state index contributed by atoms with van der Waals surface area (Å²) in [5.74, 6) is 0.182. The lowest BCUT2D eigenvalue weighted by Crippen LogP contribution is -2.53. The van der Waals surface area contributed by atoms with Crippen LogP contribution >= 0.6 is 0 Å². The Morgan fingerprint density at radius 2 is 1.91 bits per heavy atom. The minimum absolute atomic E-state index is 0.0476. The van der Waals surface area contributed by atoms with E-state index in [0.29, 0.717) is 19.1 Å². The number of likely N-dealkylation sites (tertiary alicyclic amines) is 2. The first kappa shape index (κ1) is 15.7. The molecular formula is C16H28N4O2. The summed E-state index contributed by atoms with van der Waals surface area (Å²) in [6.45, 7) is 6.29. The van der Waals surface area contributed by atoms with Crippen molar-refractivity contribution in [2.45, 2.75) is 38.1 Å². The van der Waals surface area contributed by atoms with Crippen molar-refractivity contribution in [3.63, 3.8) is 0 Å². The zero-order valence-electron chi connectivity index (χ0n) is 13.4. The number of piperidine rings is 1. The largest absolute Gasteiger partial charge is 0.337 e. The van der Waals surface area contributed by atoms with Crippen molar-refractivity contribution >= 4 is 11.8 Å². The van der Waals surface area contributed by atoms with Gasteiger partial charge in [0.1, 0.15) is 0 Å². The van der Waals surface area contributed by atoms with Gasteiger partial charge in [0, 0.05) is 32.2 Å². The molecule has 0 aromatic carbocycles. The summed E-state index contributed by atoms with van der Waals surface area (Å²) in [6, 6.07) is 0.351. The van der Waals surface area contributed by atoms with Gasteiger partial charge in [0.15, 0.2) is 0 Å². The number of piperazine rings is 1. The van der Waals surface area contributed by atoms with Crippen LogP contribution in [0.2, 0.25) is 0 Å². The second-order valence-corrected chi connectivity index (χ2v) is 6.74. The van der Waals surface area contributed by atoms with Crippen molar-refractivity contribution in [1.82, 2.24) is 20.0 Å². The van der Waals surface area contributed by atoms with E-state index in [1.54, 1.807) is 4.90 Å². The van der Waals surface area contributed by atoms with Gasteiger partial charge in [0.25, 0.3) is 0 Å². The van der Waals surface area contributed by atoms with Crippen LogP contribution in [0.3, 0.4) is 0 Å². The first-order valence-corrected chi connectivity index (χ1v) is 8.74. The zero-order valence-corrected chi connectivity index (χ0v) is 13.4. The first-order valence-electron chi connectivity index (χ1n) is 8.74. The summed E-state index contributed by atoms with van der Waals surface area (Å²) in [4.78, 5) is 30.7. The minimum atomic E-state index is 0.0476. The fraction of sp³-hybridized carbons (Fsp3) is 0.875. The van der Waals surface area contributed by atoms with E-state index in [1.165, 1.54) is 32.4 Å². The molecule has 6 nitrogen and oxygen atoms in total. The molecule has 0 bridgehead atoms. The van der Waals surface area contributed by atoms with Gasteiger partial charge < -0.3 is 20.0 Å². The Balaban J connectivity index is 1.52. The maximum atomic E-state index is 12.6. The Hall–Kier alpha value is -1.14. The molecule has 0 aromatic heterocycles. The molecule has 3 heterocycles. The second kappa shape index (κ2) is 7.42.